The summed E-state index contributed by atoms with van der Waals surface area (Å²) in [6.45, 7) is 2.63. The highest BCUT2D eigenvalue weighted by Crippen LogP contribution is 2.33. The van der Waals surface area contributed by atoms with Crippen molar-refractivity contribution in [2.75, 3.05) is 31.2 Å². The van der Waals surface area contributed by atoms with Gasteiger partial charge in [0.15, 0.2) is 5.75 Å². The third kappa shape index (κ3) is 5.88. The zero-order chi connectivity index (χ0) is 25.4. The Morgan fingerprint density at radius 1 is 0.914 bits per heavy atom. The number of primary amides is 1. The molecule has 188 valence electrons. The normalized spacial score (nSPS) is 15.4. The van der Waals surface area contributed by atoms with E-state index in [1.54, 1.807) is 16.8 Å². The van der Waals surface area contributed by atoms with E-state index in [4.69, 9.17) is 5.73 Å². The molecular weight excluding hydrogens is 484 g/mol. The van der Waals surface area contributed by atoms with Gasteiger partial charge in [0.25, 0.3) is 5.91 Å². The van der Waals surface area contributed by atoms with Crippen molar-refractivity contribution in [1.29, 1.82) is 0 Å². The zero-order valence-electron chi connectivity index (χ0n) is 17.9. The minimum atomic E-state index is -5.04. The molecule has 4 rings (SSSR count). The number of rotatable bonds is 6. The summed E-state index contributed by atoms with van der Waals surface area (Å²) in [5.41, 5.74) is 5.72. The molecule has 1 aliphatic rings. The molecule has 0 atom stereocenters. The van der Waals surface area contributed by atoms with Crippen LogP contribution in [0.3, 0.4) is 0 Å². The largest absolute Gasteiger partial charge is 0.573 e. The van der Waals surface area contributed by atoms with E-state index in [2.05, 4.69) is 19.4 Å². The molecule has 1 aliphatic heterocycles. The molecule has 0 spiro atoms. The minimum Gasteiger partial charge on any atom is -0.406 e. The fourth-order valence-corrected chi connectivity index (χ4v) is 3.85. The lowest BCUT2D eigenvalue weighted by Crippen LogP contribution is -2.50. The predicted molar refractivity (Wildman–Crippen MR) is 111 cm³/mol. The molecule has 3 aromatic rings. The number of aromatic nitrogens is 2. The highest BCUT2D eigenvalue weighted by Gasteiger charge is 2.35. The Morgan fingerprint density at radius 3 is 2.11 bits per heavy atom. The number of amides is 1. The number of hydrogen-bond acceptors (Lipinski definition) is 6. The van der Waals surface area contributed by atoms with Gasteiger partial charge in [-0.3, -0.25) is 9.69 Å². The molecule has 2 N–H and O–H groups in total. The summed E-state index contributed by atoms with van der Waals surface area (Å²) in [4.78, 5) is 17.7. The first-order valence-corrected chi connectivity index (χ1v) is 10.3. The van der Waals surface area contributed by atoms with Crippen LogP contribution < -0.4 is 20.2 Å². The minimum absolute atomic E-state index is 0.151. The van der Waals surface area contributed by atoms with Crippen molar-refractivity contribution in [2.24, 2.45) is 5.73 Å². The Kier molecular flexibility index (Phi) is 6.40. The fourth-order valence-electron chi connectivity index (χ4n) is 3.85. The Labute approximate surface area is 194 Å². The lowest BCUT2D eigenvalue weighted by molar-refractivity contribution is -0.275. The standard InChI is InChI=1S/C21H19F6N5O3/c22-20(23,24)34-14-3-1-13(2-4-14)11-30-7-9-31(10-8-30)32-12-29-17-16(32)6-5-15(19(28)33)18(17)35-21(25,26)27/h1-6,12H,7-11H2,(H2,28,33). The maximum Gasteiger partial charge on any atom is 0.573 e. The average molecular weight is 503 g/mol. The maximum absolute atomic E-state index is 12.9. The number of imidazole rings is 1. The highest BCUT2D eigenvalue weighted by molar-refractivity contribution is 6.01. The van der Waals surface area contributed by atoms with Crippen molar-refractivity contribution in [3.05, 3.63) is 53.9 Å². The summed E-state index contributed by atoms with van der Waals surface area (Å²) in [5.74, 6) is -2.13. The number of ether oxygens (including phenoxy) is 2. The molecule has 1 saturated heterocycles. The molecular formula is C21H19F6N5O3. The highest BCUT2D eigenvalue weighted by atomic mass is 19.4. The number of hydrogen-bond donors (Lipinski definition) is 1. The van der Waals surface area contributed by atoms with Gasteiger partial charge in [-0.25, -0.2) is 9.66 Å². The van der Waals surface area contributed by atoms with Crippen LogP contribution >= 0.6 is 0 Å². The second-order valence-corrected chi connectivity index (χ2v) is 7.73. The van der Waals surface area contributed by atoms with Crippen LogP contribution in [0.1, 0.15) is 15.9 Å². The Bertz CT molecular complexity index is 1200. The molecule has 0 radical (unpaired) electrons. The van der Waals surface area contributed by atoms with Crippen molar-refractivity contribution in [3.8, 4) is 11.5 Å². The first-order valence-electron chi connectivity index (χ1n) is 10.3. The lowest BCUT2D eigenvalue weighted by atomic mass is 10.1. The molecule has 1 amide bonds. The first-order chi connectivity index (χ1) is 16.4. The summed E-state index contributed by atoms with van der Waals surface area (Å²) in [6.07, 6.45) is -8.45. The molecule has 0 unspecified atom stereocenters. The summed E-state index contributed by atoms with van der Waals surface area (Å²) in [7, 11) is 0. The smallest absolute Gasteiger partial charge is 0.406 e. The summed E-state index contributed by atoms with van der Waals surface area (Å²) >= 11 is 0. The van der Waals surface area contributed by atoms with Crippen LogP contribution in [0.5, 0.6) is 11.5 Å². The van der Waals surface area contributed by atoms with Crippen LogP contribution in [0.25, 0.3) is 11.0 Å². The van der Waals surface area contributed by atoms with Gasteiger partial charge in [0.05, 0.1) is 11.1 Å². The van der Waals surface area contributed by atoms with Gasteiger partial charge >= 0.3 is 12.7 Å². The van der Waals surface area contributed by atoms with E-state index in [1.165, 1.54) is 24.5 Å². The Balaban J connectivity index is 1.45. The summed E-state index contributed by atoms with van der Waals surface area (Å²) in [5, 5.41) is 1.87. The van der Waals surface area contributed by atoms with Gasteiger partial charge in [0.2, 0.25) is 0 Å². The fraction of sp³-hybridized carbons (Fsp3) is 0.333. The van der Waals surface area contributed by atoms with Crippen LogP contribution in [0.4, 0.5) is 26.3 Å². The van der Waals surface area contributed by atoms with E-state index in [-0.39, 0.29) is 11.3 Å². The molecule has 2 heterocycles. The number of alkyl halides is 6. The van der Waals surface area contributed by atoms with Crippen LogP contribution in [-0.2, 0) is 6.54 Å². The molecule has 35 heavy (non-hydrogen) atoms. The van der Waals surface area contributed by atoms with Gasteiger partial charge in [-0.2, -0.15) is 0 Å². The van der Waals surface area contributed by atoms with Gasteiger partial charge < -0.3 is 20.2 Å². The quantitative estimate of drug-likeness (QED) is 0.520. The molecule has 8 nitrogen and oxygen atoms in total. The number of carbonyl (C=O) groups excluding carboxylic acids is 1. The molecule has 14 heteroatoms. The molecule has 1 aromatic heterocycles. The van der Waals surface area contributed by atoms with E-state index in [9.17, 15) is 31.1 Å². The lowest BCUT2D eigenvalue weighted by Gasteiger charge is -2.36. The van der Waals surface area contributed by atoms with Crippen molar-refractivity contribution in [3.63, 3.8) is 0 Å². The number of benzene rings is 2. The third-order valence-electron chi connectivity index (χ3n) is 5.35. The van der Waals surface area contributed by atoms with Crippen LogP contribution in [0.15, 0.2) is 42.7 Å². The van der Waals surface area contributed by atoms with Gasteiger partial charge in [-0.05, 0) is 29.8 Å². The zero-order valence-corrected chi connectivity index (χ0v) is 17.9. The van der Waals surface area contributed by atoms with Gasteiger partial charge in [-0.15, -0.1) is 26.3 Å². The second kappa shape index (κ2) is 9.17. The number of nitrogens with zero attached hydrogens (tertiary/aromatic N) is 4. The number of piperazine rings is 1. The predicted octanol–water partition coefficient (Wildman–Crippen LogP) is 3.39. The molecule has 0 aliphatic carbocycles. The van der Waals surface area contributed by atoms with Crippen molar-refractivity contribution < 1.29 is 40.6 Å². The Morgan fingerprint density at radius 2 is 1.54 bits per heavy atom. The van der Waals surface area contributed by atoms with E-state index >= 15 is 0 Å². The molecule has 0 saturated carbocycles. The maximum atomic E-state index is 12.9. The van der Waals surface area contributed by atoms with Crippen LogP contribution in [0, 0.1) is 0 Å². The van der Waals surface area contributed by atoms with E-state index in [0.29, 0.717) is 38.2 Å². The van der Waals surface area contributed by atoms with Crippen LogP contribution in [0.2, 0.25) is 0 Å². The van der Waals surface area contributed by atoms with Crippen LogP contribution in [-0.4, -0.2) is 59.4 Å². The number of fused-ring (bicyclic) bond motifs is 1. The van der Waals surface area contributed by atoms with E-state index in [1.807, 2.05) is 5.01 Å². The first kappa shape index (κ1) is 24.4. The monoisotopic (exact) mass is 503 g/mol. The third-order valence-corrected chi connectivity index (χ3v) is 5.35. The molecule has 0 bridgehead atoms. The van der Waals surface area contributed by atoms with Gasteiger partial charge in [-0.1, -0.05) is 12.1 Å². The number of nitrogens with two attached hydrogens (primary N) is 1. The number of halogens is 6. The topological polar surface area (TPSA) is 85.9 Å². The Hall–Kier alpha value is -3.68. The molecule has 2 aromatic carbocycles. The SMILES string of the molecule is NC(=O)c1ccc2c(ncn2N2CCN(Cc3ccc(OC(F)(F)F)cc3)CC2)c1OC(F)(F)F. The van der Waals surface area contributed by atoms with Crippen molar-refractivity contribution in [1.82, 2.24) is 14.6 Å². The summed E-state index contributed by atoms with van der Waals surface area (Å²) < 4.78 is 85.1. The molecule has 1 fully saturated rings. The van der Waals surface area contributed by atoms with Gasteiger partial charge in [0, 0.05) is 32.7 Å². The summed E-state index contributed by atoms with van der Waals surface area (Å²) in [6, 6.07) is 8.20. The average Bonchev–Trinajstić information content (AvgIpc) is 3.18. The van der Waals surface area contributed by atoms with Crippen molar-refractivity contribution >= 4 is 16.9 Å². The number of carbonyl (C=O) groups is 1. The second-order valence-electron chi connectivity index (χ2n) is 7.73. The van der Waals surface area contributed by atoms with Gasteiger partial charge in [0.1, 0.15) is 17.6 Å². The van der Waals surface area contributed by atoms with E-state index < -0.39 is 29.9 Å². The van der Waals surface area contributed by atoms with E-state index in [0.717, 1.165) is 11.6 Å². The van der Waals surface area contributed by atoms with Crippen molar-refractivity contribution in [2.45, 2.75) is 19.3 Å².